The highest BCUT2D eigenvalue weighted by atomic mass is 16.4. The van der Waals surface area contributed by atoms with Crippen molar-refractivity contribution in [3.63, 3.8) is 0 Å². The third-order valence-electron chi connectivity index (χ3n) is 13.9. The van der Waals surface area contributed by atoms with Crippen molar-refractivity contribution in [2.75, 3.05) is 6.54 Å². The van der Waals surface area contributed by atoms with E-state index in [0.717, 1.165) is 0 Å². The number of carbonyl (C=O) groups excluding carboxylic acids is 8. The van der Waals surface area contributed by atoms with Crippen LogP contribution in [0.25, 0.3) is 0 Å². The van der Waals surface area contributed by atoms with Gasteiger partial charge in [-0.05, 0) is 60.6 Å². The third kappa shape index (κ3) is 23.4. The van der Waals surface area contributed by atoms with E-state index in [4.69, 9.17) is 17.2 Å². The lowest BCUT2D eigenvalue weighted by molar-refractivity contribution is -0.144. The number of nitrogens with two attached hydrogens (primary N) is 3. The van der Waals surface area contributed by atoms with E-state index in [1.807, 2.05) is 6.92 Å². The van der Waals surface area contributed by atoms with Gasteiger partial charge < -0.3 is 69.9 Å². The number of nitrogens with one attached hydrogen (secondary N) is 8. The second kappa shape index (κ2) is 34.7. The fourth-order valence-corrected chi connectivity index (χ4v) is 8.52. The van der Waals surface area contributed by atoms with E-state index in [-0.39, 0.29) is 44.1 Å². The van der Waals surface area contributed by atoms with Gasteiger partial charge in [0.2, 0.25) is 47.3 Å². The molecule has 0 fully saturated rings. The number of benzene rings is 3. The highest BCUT2D eigenvalue weighted by Gasteiger charge is 2.37. The molecular formula is C58H84N12O12. The Morgan fingerprint density at radius 2 is 0.841 bits per heavy atom. The zero-order valence-electron chi connectivity index (χ0n) is 47.8. The van der Waals surface area contributed by atoms with Crippen LogP contribution in [0.4, 0.5) is 0 Å². The van der Waals surface area contributed by atoms with Crippen molar-refractivity contribution >= 4 is 65.2 Å². The molecule has 0 heterocycles. The molecule has 0 spiro atoms. The summed E-state index contributed by atoms with van der Waals surface area (Å²) in [6.45, 7) is 12.0. The number of carbonyl (C=O) groups is 10. The zero-order chi connectivity index (χ0) is 61.1. The predicted octanol–water partition coefficient (Wildman–Crippen LogP) is 0.691. The Balaban J connectivity index is 1.91. The van der Waals surface area contributed by atoms with Crippen LogP contribution in [0.3, 0.4) is 0 Å². The maximum atomic E-state index is 14.6. The fraction of sp³-hybridized carbons (Fsp3) is 0.500. The molecule has 0 unspecified atom stereocenters. The van der Waals surface area contributed by atoms with Gasteiger partial charge >= 0.3 is 11.9 Å². The number of hydrogen-bond acceptors (Lipinski definition) is 12. The van der Waals surface area contributed by atoms with Crippen LogP contribution < -0.4 is 59.7 Å². The van der Waals surface area contributed by atoms with Gasteiger partial charge in [0.25, 0.3) is 0 Å². The Hall–Kier alpha value is -8.41. The average Bonchev–Trinajstić information content (AvgIpc) is 3.49. The van der Waals surface area contributed by atoms with Crippen molar-refractivity contribution in [1.82, 2.24) is 42.5 Å². The minimum absolute atomic E-state index is 0.100. The Kier molecular flexibility index (Phi) is 28.7. The number of carboxylic acids is 2. The van der Waals surface area contributed by atoms with Crippen molar-refractivity contribution in [3.8, 4) is 0 Å². The SMILES string of the molecule is CC[C@H](C)[C@H](NC(=O)[C@H](Cc1ccccc1)NC(=O)[C@H](CCC(=O)O)NC(=O)[C@H](Cc1ccccc1)NC(=O)[C@H](Cc1ccccc1)NC(=O)[C@H](C)NC(=O)[C@@H](NC(=O)[C@@H](NC(=O)[C@@H](N)CCCN=C(N)N)[C@@H](C)CC)C(C)C)C(=O)O. The van der Waals surface area contributed by atoms with Gasteiger partial charge in [-0.25, -0.2) is 4.79 Å². The van der Waals surface area contributed by atoms with Crippen LogP contribution in [0.5, 0.6) is 0 Å². The normalized spacial score (nSPS) is 15.1. The molecule has 3 rings (SSSR count). The van der Waals surface area contributed by atoms with Crippen LogP contribution in [-0.2, 0) is 67.2 Å². The number of hydrogen-bond donors (Lipinski definition) is 13. The van der Waals surface area contributed by atoms with Crippen LogP contribution in [-0.4, -0.2) is 136 Å². The average molecular weight is 1140 g/mol. The van der Waals surface area contributed by atoms with Gasteiger partial charge in [0, 0.05) is 32.2 Å². The molecule has 0 aliphatic rings. The lowest BCUT2D eigenvalue weighted by Crippen LogP contribution is -2.61. The second-order valence-electron chi connectivity index (χ2n) is 20.8. The molecule has 0 saturated carbocycles. The van der Waals surface area contributed by atoms with E-state index in [1.54, 1.807) is 126 Å². The largest absolute Gasteiger partial charge is 0.481 e. The highest BCUT2D eigenvalue weighted by molar-refractivity contribution is 5.98. The quantitative estimate of drug-likeness (QED) is 0.0219. The summed E-state index contributed by atoms with van der Waals surface area (Å²) in [6, 6.07) is 13.9. The van der Waals surface area contributed by atoms with Crippen molar-refractivity contribution in [2.45, 2.75) is 161 Å². The molecule has 16 N–H and O–H groups in total. The molecule has 0 aromatic heterocycles. The van der Waals surface area contributed by atoms with E-state index in [0.29, 0.717) is 36.0 Å². The monoisotopic (exact) mass is 1140 g/mol. The molecule has 448 valence electrons. The Morgan fingerprint density at radius 3 is 1.26 bits per heavy atom. The summed E-state index contributed by atoms with van der Waals surface area (Å²) in [6.07, 6.45) is 0.0537. The van der Waals surface area contributed by atoms with E-state index in [9.17, 15) is 58.2 Å². The van der Waals surface area contributed by atoms with Crippen LogP contribution >= 0.6 is 0 Å². The first-order valence-corrected chi connectivity index (χ1v) is 27.7. The minimum atomic E-state index is -1.60. The van der Waals surface area contributed by atoms with Gasteiger partial charge in [0.1, 0.15) is 48.3 Å². The van der Waals surface area contributed by atoms with Crippen LogP contribution in [0.15, 0.2) is 96.0 Å². The predicted molar refractivity (Wildman–Crippen MR) is 308 cm³/mol. The summed E-state index contributed by atoms with van der Waals surface area (Å²) in [5.41, 5.74) is 18.6. The Labute approximate surface area is 479 Å². The highest BCUT2D eigenvalue weighted by Crippen LogP contribution is 2.15. The number of rotatable bonds is 35. The van der Waals surface area contributed by atoms with E-state index in [1.165, 1.54) is 6.92 Å². The molecule has 3 aromatic rings. The lowest BCUT2D eigenvalue weighted by Gasteiger charge is -2.29. The number of guanidine groups is 1. The summed E-state index contributed by atoms with van der Waals surface area (Å²) >= 11 is 0. The number of aliphatic imine (C=N–C) groups is 1. The Morgan fingerprint density at radius 1 is 0.463 bits per heavy atom. The van der Waals surface area contributed by atoms with E-state index >= 15 is 0 Å². The molecule has 0 aliphatic carbocycles. The van der Waals surface area contributed by atoms with Gasteiger partial charge in [-0.15, -0.1) is 0 Å². The van der Waals surface area contributed by atoms with Crippen molar-refractivity contribution in [2.24, 2.45) is 39.9 Å². The van der Waals surface area contributed by atoms with Gasteiger partial charge in [-0.2, -0.15) is 0 Å². The standard InChI is InChI=1S/C58H84N12O12/c1-8-34(5)47(69-50(74)40(59)26-19-29-62-58(60)61)56(80)68-46(33(3)4)55(79)63-36(7)49(73)65-42(30-37-20-13-10-14-21-37)53(77)67-43(31-38-22-15-11-16-23-38)52(76)64-41(27-28-45(71)72)51(75)66-44(32-39-24-17-12-18-25-39)54(78)70-48(57(81)82)35(6)9-2/h10-18,20-25,33-36,40-44,46-48H,8-9,19,26-32,59H2,1-7H3,(H,63,79)(H,64,76)(H,65,73)(H,66,75)(H,67,77)(H,68,80)(H,69,74)(H,70,78)(H,71,72)(H,81,82)(H4,60,61,62)/t34-,35-,36-,40-,41-,42-,43-,44-,46-,47-,48-/m0/s1. The van der Waals surface area contributed by atoms with Gasteiger partial charge in [-0.3, -0.25) is 48.1 Å². The van der Waals surface area contributed by atoms with Crippen LogP contribution in [0, 0.1) is 17.8 Å². The van der Waals surface area contributed by atoms with Gasteiger partial charge in [-0.1, -0.05) is 145 Å². The molecule has 0 radical (unpaired) electrons. The maximum absolute atomic E-state index is 14.6. The second-order valence-corrected chi connectivity index (χ2v) is 20.8. The van der Waals surface area contributed by atoms with Crippen molar-refractivity contribution < 1.29 is 58.2 Å². The summed E-state index contributed by atoms with van der Waals surface area (Å²) < 4.78 is 0. The smallest absolute Gasteiger partial charge is 0.326 e. The van der Waals surface area contributed by atoms with Gasteiger partial charge in [0.05, 0.1) is 6.04 Å². The van der Waals surface area contributed by atoms with E-state index in [2.05, 4.69) is 47.5 Å². The summed E-state index contributed by atoms with van der Waals surface area (Å²) in [5.74, 6) is -10.5. The Bertz CT molecular complexity index is 2620. The molecule has 82 heavy (non-hydrogen) atoms. The molecule has 0 bridgehead atoms. The lowest BCUT2D eigenvalue weighted by atomic mass is 9.96. The topological polar surface area (TPSA) is 398 Å². The van der Waals surface area contributed by atoms with Crippen molar-refractivity contribution in [1.29, 1.82) is 0 Å². The first kappa shape index (κ1) is 67.9. The maximum Gasteiger partial charge on any atom is 0.326 e. The third-order valence-corrected chi connectivity index (χ3v) is 13.9. The number of amides is 8. The van der Waals surface area contributed by atoms with Crippen molar-refractivity contribution in [3.05, 3.63) is 108 Å². The molecule has 8 amide bonds. The molecule has 11 atom stereocenters. The minimum Gasteiger partial charge on any atom is -0.481 e. The zero-order valence-corrected chi connectivity index (χ0v) is 47.8. The summed E-state index contributed by atoms with van der Waals surface area (Å²) in [4.78, 5) is 140. The molecule has 0 saturated heterocycles. The fourth-order valence-electron chi connectivity index (χ4n) is 8.52. The number of carboxylic acid groups (broad SMARTS) is 2. The summed E-state index contributed by atoms with van der Waals surface area (Å²) in [5, 5.41) is 40.9. The molecule has 3 aromatic carbocycles. The first-order valence-electron chi connectivity index (χ1n) is 27.7. The molecule has 24 heteroatoms. The summed E-state index contributed by atoms with van der Waals surface area (Å²) in [7, 11) is 0. The van der Waals surface area contributed by atoms with Crippen LogP contribution in [0.1, 0.15) is 104 Å². The number of nitrogens with zero attached hydrogens (tertiary/aromatic N) is 1. The van der Waals surface area contributed by atoms with Gasteiger partial charge in [0.15, 0.2) is 5.96 Å². The number of aliphatic carboxylic acids is 2. The molecule has 0 aliphatic heterocycles. The molecule has 24 nitrogen and oxygen atoms in total. The van der Waals surface area contributed by atoms with Crippen LogP contribution in [0.2, 0.25) is 0 Å². The molecular weight excluding hydrogens is 1060 g/mol. The first-order chi connectivity index (χ1) is 38.8. The van der Waals surface area contributed by atoms with E-state index < -0.39 is 138 Å².